The van der Waals surface area contributed by atoms with E-state index in [9.17, 15) is 0 Å². The summed E-state index contributed by atoms with van der Waals surface area (Å²) in [4.78, 5) is 2.52. The van der Waals surface area contributed by atoms with E-state index in [1.165, 1.54) is 30.6 Å². The molecule has 1 atom stereocenters. The summed E-state index contributed by atoms with van der Waals surface area (Å²) < 4.78 is 0. The van der Waals surface area contributed by atoms with Crippen molar-refractivity contribution in [1.29, 1.82) is 0 Å². The molecule has 0 saturated carbocycles. The Hall–Kier alpha value is -1.76. The normalized spacial score (nSPS) is 19.5. The van der Waals surface area contributed by atoms with Crippen molar-refractivity contribution in [2.75, 3.05) is 11.4 Å². The average Bonchev–Trinajstić information content (AvgIpc) is 2.90. The van der Waals surface area contributed by atoms with Gasteiger partial charge >= 0.3 is 0 Å². The van der Waals surface area contributed by atoms with Crippen LogP contribution in [0.25, 0.3) is 0 Å². The lowest BCUT2D eigenvalue weighted by atomic mass is 10.0. The highest BCUT2D eigenvalue weighted by atomic mass is 15.2. The molecule has 1 aliphatic rings. The largest absolute Gasteiger partial charge is 0.364 e. The predicted molar refractivity (Wildman–Crippen MR) is 72.2 cm³/mol. The monoisotopic (exact) mass is 223 g/mol. The molecule has 0 spiro atoms. The fourth-order valence-electron chi connectivity index (χ4n) is 2.72. The maximum atomic E-state index is 2.52. The van der Waals surface area contributed by atoms with E-state index in [0.29, 0.717) is 6.04 Å². The second-order valence-electron chi connectivity index (χ2n) is 4.60. The fourth-order valence-corrected chi connectivity index (χ4v) is 2.72. The van der Waals surface area contributed by atoms with Gasteiger partial charge in [-0.05, 0) is 30.5 Å². The van der Waals surface area contributed by atoms with Crippen LogP contribution in [-0.4, -0.2) is 6.54 Å². The minimum atomic E-state index is 0.554. The van der Waals surface area contributed by atoms with Crippen LogP contribution in [0, 0.1) is 0 Å². The first-order valence-corrected chi connectivity index (χ1v) is 6.32. The van der Waals surface area contributed by atoms with E-state index in [1.807, 2.05) is 0 Å². The third-order valence-electron chi connectivity index (χ3n) is 3.52. The molecule has 0 aromatic heterocycles. The smallest absolute Gasteiger partial charge is 0.0543 e. The van der Waals surface area contributed by atoms with E-state index < -0.39 is 0 Å². The maximum absolute atomic E-state index is 2.52. The minimum absolute atomic E-state index is 0.554. The van der Waals surface area contributed by atoms with Crippen molar-refractivity contribution in [2.24, 2.45) is 0 Å². The Bertz CT molecular complexity index is 418. The van der Waals surface area contributed by atoms with Crippen LogP contribution in [0.5, 0.6) is 0 Å². The van der Waals surface area contributed by atoms with Crippen LogP contribution in [0.4, 0.5) is 5.69 Å². The third-order valence-corrected chi connectivity index (χ3v) is 3.52. The molecule has 0 aliphatic carbocycles. The zero-order chi connectivity index (χ0) is 11.5. The number of para-hydroxylation sites is 1. The van der Waals surface area contributed by atoms with E-state index in [1.54, 1.807) is 0 Å². The van der Waals surface area contributed by atoms with Gasteiger partial charge < -0.3 is 4.90 Å². The van der Waals surface area contributed by atoms with E-state index in [-0.39, 0.29) is 0 Å². The van der Waals surface area contributed by atoms with E-state index in [2.05, 4.69) is 65.6 Å². The summed E-state index contributed by atoms with van der Waals surface area (Å²) in [6.45, 7) is 1.17. The maximum Gasteiger partial charge on any atom is 0.0543 e. The first-order valence-electron chi connectivity index (χ1n) is 6.32. The Morgan fingerprint density at radius 2 is 1.47 bits per heavy atom. The van der Waals surface area contributed by atoms with Crippen LogP contribution >= 0.6 is 0 Å². The van der Waals surface area contributed by atoms with Crippen LogP contribution in [0.2, 0.25) is 0 Å². The molecule has 86 valence electrons. The van der Waals surface area contributed by atoms with Crippen molar-refractivity contribution in [1.82, 2.24) is 0 Å². The minimum Gasteiger partial charge on any atom is -0.364 e. The molecule has 3 rings (SSSR count). The summed E-state index contributed by atoms with van der Waals surface area (Å²) in [5, 5.41) is 0. The molecule has 0 bridgehead atoms. The standard InChI is InChI=1S/C16H17N/c1-3-8-14(9-4-1)16-12-7-13-17(16)15-10-5-2-6-11-15/h1-6,8-11,16H,7,12-13H2. The molecule has 0 amide bonds. The number of nitrogens with zero attached hydrogens (tertiary/aromatic N) is 1. The molecule has 2 aromatic carbocycles. The van der Waals surface area contributed by atoms with Gasteiger partial charge in [-0.25, -0.2) is 0 Å². The summed E-state index contributed by atoms with van der Waals surface area (Å²) in [7, 11) is 0. The van der Waals surface area contributed by atoms with E-state index >= 15 is 0 Å². The van der Waals surface area contributed by atoms with E-state index in [4.69, 9.17) is 0 Å². The zero-order valence-electron chi connectivity index (χ0n) is 9.92. The molecule has 17 heavy (non-hydrogen) atoms. The summed E-state index contributed by atoms with van der Waals surface area (Å²) in [6.07, 6.45) is 2.55. The summed E-state index contributed by atoms with van der Waals surface area (Å²) in [5.74, 6) is 0. The highest BCUT2D eigenvalue weighted by molar-refractivity contribution is 5.49. The SMILES string of the molecule is c1ccc(C2CCCN2c2ccccc2)cc1. The Kier molecular flexibility index (Phi) is 2.83. The van der Waals surface area contributed by atoms with Crippen molar-refractivity contribution in [3.05, 3.63) is 66.2 Å². The average molecular weight is 223 g/mol. The molecule has 0 radical (unpaired) electrons. The Morgan fingerprint density at radius 3 is 2.18 bits per heavy atom. The molecule has 1 fully saturated rings. The molecule has 1 saturated heterocycles. The lowest BCUT2D eigenvalue weighted by Gasteiger charge is -2.27. The number of anilines is 1. The van der Waals surface area contributed by atoms with Gasteiger partial charge in [0.25, 0.3) is 0 Å². The highest BCUT2D eigenvalue weighted by Gasteiger charge is 2.25. The van der Waals surface area contributed by atoms with E-state index in [0.717, 1.165) is 0 Å². The quantitative estimate of drug-likeness (QED) is 0.743. The highest BCUT2D eigenvalue weighted by Crippen LogP contribution is 2.35. The topological polar surface area (TPSA) is 3.24 Å². The molecule has 1 heterocycles. The van der Waals surface area contributed by atoms with Gasteiger partial charge in [0.15, 0.2) is 0 Å². The van der Waals surface area contributed by atoms with Gasteiger partial charge in [-0.15, -0.1) is 0 Å². The summed E-state index contributed by atoms with van der Waals surface area (Å²) in [5.41, 5.74) is 2.78. The zero-order valence-corrected chi connectivity index (χ0v) is 9.92. The number of benzene rings is 2. The number of rotatable bonds is 2. The predicted octanol–water partition coefficient (Wildman–Crippen LogP) is 4.03. The Labute approximate surface area is 103 Å². The second kappa shape index (κ2) is 4.62. The van der Waals surface area contributed by atoms with Gasteiger partial charge in [-0.3, -0.25) is 0 Å². The molecular weight excluding hydrogens is 206 g/mol. The molecular formula is C16H17N. The van der Waals surface area contributed by atoms with Gasteiger partial charge in [-0.1, -0.05) is 48.5 Å². The number of hydrogen-bond acceptors (Lipinski definition) is 1. The van der Waals surface area contributed by atoms with Crippen molar-refractivity contribution in [3.8, 4) is 0 Å². The molecule has 0 N–H and O–H groups in total. The van der Waals surface area contributed by atoms with Gasteiger partial charge in [0.05, 0.1) is 6.04 Å². The molecule has 1 heteroatoms. The number of hydrogen-bond donors (Lipinski definition) is 0. The van der Waals surface area contributed by atoms with Gasteiger partial charge in [0, 0.05) is 12.2 Å². The van der Waals surface area contributed by atoms with Gasteiger partial charge in [0.1, 0.15) is 0 Å². The van der Waals surface area contributed by atoms with Crippen LogP contribution < -0.4 is 4.90 Å². The molecule has 1 aliphatic heterocycles. The Balaban J connectivity index is 1.91. The molecule has 1 unspecified atom stereocenters. The third kappa shape index (κ3) is 2.05. The van der Waals surface area contributed by atoms with Gasteiger partial charge in [-0.2, -0.15) is 0 Å². The van der Waals surface area contributed by atoms with Gasteiger partial charge in [0.2, 0.25) is 0 Å². The van der Waals surface area contributed by atoms with Crippen LogP contribution in [0.15, 0.2) is 60.7 Å². The summed E-state index contributed by atoms with van der Waals surface area (Å²) >= 11 is 0. The molecule has 1 nitrogen and oxygen atoms in total. The Morgan fingerprint density at radius 1 is 0.824 bits per heavy atom. The lowest BCUT2D eigenvalue weighted by Crippen LogP contribution is -2.22. The first-order chi connectivity index (χ1) is 8.45. The van der Waals surface area contributed by atoms with Crippen LogP contribution in [0.3, 0.4) is 0 Å². The summed E-state index contributed by atoms with van der Waals surface area (Å²) in [6, 6.07) is 22.1. The lowest BCUT2D eigenvalue weighted by molar-refractivity contribution is 0.719. The van der Waals surface area contributed by atoms with Crippen molar-refractivity contribution in [3.63, 3.8) is 0 Å². The van der Waals surface area contributed by atoms with Crippen molar-refractivity contribution >= 4 is 5.69 Å². The fraction of sp³-hybridized carbons (Fsp3) is 0.250. The van der Waals surface area contributed by atoms with Crippen molar-refractivity contribution in [2.45, 2.75) is 18.9 Å². The van der Waals surface area contributed by atoms with Crippen LogP contribution in [-0.2, 0) is 0 Å². The van der Waals surface area contributed by atoms with Crippen molar-refractivity contribution < 1.29 is 0 Å². The molecule has 2 aromatic rings. The first kappa shape index (κ1) is 10.4. The van der Waals surface area contributed by atoms with Crippen LogP contribution in [0.1, 0.15) is 24.4 Å². The second-order valence-corrected chi connectivity index (χ2v) is 4.60.